The molecule has 0 unspecified atom stereocenters. The lowest BCUT2D eigenvalue weighted by Crippen LogP contribution is -2.16. The van der Waals surface area contributed by atoms with Crippen LogP contribution < -0.4 is 5.56 Å². The summed E-state index contributed by atoms with van der Waals surface area (Å²) >= 11 is 0. The first-order valence-electron chi connectivity index (χ1n) is 6.92. The Kier molecular flexibility index (Phi) is 3.51. The van der Waals surface area contributed by atoms with Crippen LogP contribution in [-0.4, -0.2) is 18.1 Å². The van der Waals surface area contributed by atoms with Gasteiger partial charge in [0.1, 0.15) is 5.69 Å². The Hall–Kier alpha value is -2.88. The van der Waals surface area contributed by atoms with Crippen LogP contribution in [0.15, 0.2) is 53.3 Å². The van der Waals surface area contributed by atoms with Gasteiger partial charge in [-0.1, -0.05) is 48.0 Å². The molecular weight excluding hydrogens is 278 g/mol. The molecule has 3 rings (SSSR count). The number of esters is 1. The molecule has 0 fully saturated rings. The minimum absolute atomic E-state index is 0.176. The summed E-state index contributed by atoms with van der Waals surface area (Å²) in [5.41, 5.74) is 2.54. The van der Waals surface area contributed by atoms with E-state index in [9.17, 15) is 9.59 Å². The predicted molar refractivity (Wildman–Crippen MR) is 86.1 cm³/mol. The monoisotopic (exact) mass is 293 g/mol. The van der Waals surface area contributed by atoms with Crippen LogP contribution in [0.5, 0.6) is 0 Å². The van der Waals surface area contributed by atoms with Crippen molar-refractivity contribution in [3.8, 4) is 11.1 Å². The van der Waals surface area contributed by atoms with Crippen LogP contribution in [0, 0.1) is 6.92 Å². The van der Waals surface area contributed by atoms with Crippen molar-refractivity contribution in [1.82, 2.24) is 4.98 Å². The number of benzene rings is 2. The zero-order valence-electron chi connectivity index (χ0n) is 12.3. The third-order valence-corrected chi connectivity index (χ3v) is 3.66. The highest BCUT2D eigenvalue weighted by Gasteiger charge is 2.18. The van der Waals surface area contributed by atoms with Crippen molar-refractivity contribution in [3.05, 3.63) is 70.1 Å². The minimum atomic E-state index is -0.557. The van der Waals surface area contributed by atoms with E-state index >= 15 is 0 Å². The van der Waals surface area contributed by atoms with Gasteiger partial charge in [0.15, 0.2) is 0 Å². The van der Waals surface area contributed by atoms with E-state index in [1.807, 2.05) is 43.3 Å². The van der Waals surface area contributed by atoms with Crippen molar-refractivity contribution in [3.63, 3.8) is 0 Å². The Labute approximate surface area is 127 Å². The molecule has 0 aliphatic heterocycles. The highest BCUT2D eigenvalue weighted by atomic mass is 16.5. The van der Waals surface area contributed by atoms with Gasteiger partial charge in [0.05, 0.1) is 7.11 Å². The number of fused-ring (bicyclic) bond motifs is 1. The molecule has 0 amide bonds. The van der Waals surface area contributed by atoms with E-state index in [2.05, 4.69) is 4.98 Å². The Morgan fingerprint density at radius 2 is 1.64 bits per heavy atom. The van der Waals surface area contributed by atoms with Gasteiger partial charge in [0, 0.05) is 10.9 Å². The Morgan fingerprint density at radius 3 is 2.27 bits per heavy atom. The molecule has 110 valence electrons. The van der Waals surface area contributed by atoms with Gasteiger partial charge < -0.3 is 9.72 Å². The van der Waals surface area contributed by atoms with E-state index in [1.54, 1.807) is 12.1 Å². The van der Waals surface area contributed by atoms with E-state index in [1.165, 1.54) is 7.11 Å². The average Bonchev–Trinajstić information content (AvgIpc) is 2.55. The number of carbonyl (C=O) groups is 1. The summed E-state index contributed by atoms with van der Waals surface area (Å²) in [6, 6.07) is 15.0. The number of hydrogen-bond acceptors (Lipinski definition) is 3. The molecule has 0 saturated heterocycles. The maximum atomic E-state index is 12.2. The van der Waals surface area contributed by atoms with Crippen LogP contribution in [0.4, 0.5) is 0 Å². The van der Waals surface area contributed by atoms with Gasteiger partial charge in [0.25, 0.3) is 5.56 Å². The number of H-pyrrole nitrogens is 1. The van der Waals surface area contributed by atoms with Crippen molar-refractivity contribution in [2.24, 2.45) is 0 Å². The van der Waals surface area contributed by atoms with Gasteiger partial charge in [-0.2, -0.15) is 0 Å². The average molecular weight is 293 g/mol. The van der Waals surface area contributed by atoms with E-state index in [0.29, 0.717) is 10.9 Å². The number of methoxy groups -OCH3 is 1. The Balaban J connectivity index is 2.43. The quantitative estimate of drug-likeness (QED) is 0.738. The summed E-state index contributed by atoms with van der Waals surface area (Å²) in [6.45, 7) is 2.00. The van der Waals surface area contributed by atoms with Crippen LogP contribution in [0.2, 0.25) is 0 Å². The van der Waals surface area contributed by atoms with Gasteiger partial charge in [-0.25, -0.2) is 4.79 Å². The van der Waals surface area contributed by atoms with Crippen LogP contribution in [-0.2, 0) is 4.74 Å². The third-order valence-electron chi connectivity index (χ3n) is 3.66. The zero-order valence-corrected chi connectivity index (χ0v) is 12.3. The molecule has 2 aromatic carbocycles. The lowest BCUT2D eigenvalue weighted by Gasteiger charge is -2.12. The van der Waals surface area contributed by atoms with Gasteiger partial charge in [-0.3, -0.25) is 4.79 Å². The Morgan fingerprint density at radius 1 is 1.00 bits per heavy atom. The van der Waals surface area contributed by atoms with Crippen molar-refractivity contribution in [2.45, 2.75) is 6.92 Å². The molecule has 0 radical (unpaired) electrons. The molecular formula is C18H15NO3. The third kappa shape index (κ3) is 2.29. The molecule has 22 heavy (non-hydrogen) atoms. The first-order chi connectivity index (χ1) is 10.6. The summed E-state index contributed by atoms with van der Waals surface area (Å²) in [7, 11) is 1.30. The summed E-state index contributed by atoms with van der Waals surface area (Å²) in [4.78, 5) is 26.9. The summed E-state index contributed by atoms with van der Waals surface area (Å²) in [5, 5.41) is 1.28. The van der Waals surface area contributed by atoms with Gasteiger partial charge >= 0.3 is 5.97 Å². The van der Waals surface area contributed by atoms with Gasteiger partial charge in [-0.15, -0.1) is 0 Å². The first kappa shape index (κ1) is 14.1. The number of aromatic amines is 1. The lowest BCUT2D eigenvalue weighted by molar-refractivity contribution is 0.0595. The fourth-order valence-electron chi connectivity index (χ4n) is 2.55. The molecule has 1 aromatic heterocycles. The van der Waals surface area contributed by atoms with Gasteiger partial charge in [-0.05, 0) is 23.9 Å². The highest BCUT2D eigenvalue weighted by molar-refractivity contribution is 6.06. The van der Waals surface area contributed by atoms with Crippen molar-refractivity contribution < 1.29 is 9.53 Å². The molecule has 0 atom stereocenters. The number of hydrogen-bond donors (Lipinski definition) is 1. The molecule has 0 bridgehead atoms. The second kappa shape index (κ2) is 5.48. The van der Waals surface area contributed by atoms with Crippen LogP contribution in [0.25, 0.3) is 21.9 Å². The molecule has 3 aromatic rings. The normalized spacial score (nSPS) is 10.6. The number of ether oxygens (including phenoxy) is 1. The highest BCUT2D eigenvalue weighted by Crippen LogP contribution is 2.30. The fraction of sp³-hybridized carbons (Fsp3) is 0.111. The zero-order chi connectivity index (χ0) is 15.7. The standard InChI is InChI=1S/C18H15NO3/c1-11-7-9-12(10-8-11)15-13-5-3-4-6-14(13)17(20)19-16(15)18(21)22-2/h3-10H,1-2H3,(H,19,20). The minimum Gasteiger partial charge on any atom is -0.464 e. The number of pyridine rings is 1. The molecule has 0 aliphatic rings. The number of aryl methyl sites for hydroxylation is 1. The second-order valence-electron chi connectivity index (χ2n) is 5.11. The van der Waals surface area contributed by atoms with Crippen molar-refractivity contribution in [2.75, 3.05) is 7.11 Å². The van der Waals surface area contributed by atoms with Crippen molar-refractivity contribution in [1.29, 1.82) is 0 Å². The van der Waals surface area contributed by atoms with Crippen LogP contribution in [0.1, 0.15) is 16.1 Å². The molecule has 0 aliphatic carbocycles. The first-order valence-corrected chi connectivity index (χ1v) is 6.92. The number of carbonyl (C=O) groups excluding carboxylic acids is 1. The number of aromatic nitrogens is 1. The molecule has 4 nitrogen and oxygen atoms in total. The van der Waals surface area contributed by atoms with Gasteiger partial charge in [0.2, 0.25) is 0 Å². The number of nitrogens with one attached hydrogen (secondary N) is 1. The molecule has 0 saturated carbocycles. The SMILES string of the molecule is COC(=O)c1[nH]c(=O)c2ccccc2c1-c1ccc(C)cc1. The lowest BCUT2D eigenvalue weighted by atomic mass is 9.96. The maximum absolute atomic E-state index is 12.2. The second-order valence-corrected chi connectivity index (χ2v) is 5.11. The smallest absolute Gasteiger partial charge is 0.355 e. The van der Waals surface area contributed by atoms with Crippen molar-refractivity contribution >= 4 is 16.7 Å². The largest absolute Gasteiger partial charge is 0.464 e. The van der Waals surface area contributed by atoms with E-state index < -0.39 is 5.97 Å². The Bertz CT molecular complexity index is 908. The number of rotatable bonds is 2. The molecule has 1 heterocycles. The summed E-state index contributed by atoms with van der Waals surface area (Å²) in [6.07, 6.45) is 0. The summed E-state index contributed by atoms with van der Waals surface area (Å²) < 4.78 is 4.82. The van der Waals surface area contributed by atoms with E-state index in [0.717, 1.165) is 16.5 Å². The van der Waals surface area contributed by atoms with Crippen LogP contribution in [0.3, 0.4) is 0 Å². The van der Waals surface area contributed by atoms with E-state index in [-0.39, 0.29) is 11.3 Å². The fourth-order valence-corrected chi connectivity index (χ4v) is 2.55. The predicted octanol–water partition coefficient (Wildman–Crippen LogP) is 3.29. The summed E-state index contributed by atoms with van der Waals surface area (Å²) in [5.74, 6) is -0.557. The topological polar surface area (TPSA) is 59.2 Å². The molecule has 4 heteroatoms. The van der Waals surface area contributed by atoms with Crippen LogP contribution >= 0.6 is 0 Å². The maximum Gasteiger partial charge on any atom is 0.355 e. The van der Waals surface area contributed by atoms with E-state index in [4.69, 9.17) is 4.74 Å². The molecule has 0 spiro atoms. The molecule has 1 N–H and O–H groups in total.